The Bertz CT molecular complexity index is 596. The third kappa shape index (κ3) is 3.76. The fourth-order valence-electron chi connectivity index (χ4n) is 1.65. The zero-order valence-electron chi connectivity index (χ0n) is 9.93. The van der Waals surface area contributed by atoms with E-state index in [4.69, 9.17) is 11.6 Å². The van der Waals surface area contributed by atoms with Gasteiger partial charge in [-0.15, -0.1) is 0 Å². The molecule has 0 saturated carbocycles. The van der Waals surface area contributed by atoms with Crippen LogP contribution in [0.1, 0.15) is 15.9 Å². The van der Waals surface area contributed by atoms with E-state index in [0.717, 1.165) is 9.91 Å². The normalized spacial score (nSPS) is 10.2. The molecule has 0 heterocycles. The van der Waals surface area contributed by atoms with Gasteiger partial charge in [0.1, 0.15) is 0 Å². The number of amides is 1. The minimum absolute atomic E-state index is 0.0704. The van der Waals surface area contributed by atoms with Crippen LogP contribution in [0.4, 0.5) is 0 Å². The van der Waals surface area contributed by atoms with E-state index in [1.54, 1.807) is 18.2 Å². The molecule has 0 spiro atoms. The standard InChI is InChI=1S/C14H11AsClNO2/c15-11-5-10(6-12(18)7-11)14(19)17-8-9-3-1-2-4-13(9)16/h1-7,18H,8H2,(H,17,19). The summed E-state index contributed by atoms with van der Waals surface area (Å²) in [4.78, 5) is 12.0. The van der Waals surface area contributed by atoms with E-state index >= 15 is 0 Å². The van der Waals surface area contributed by atoms with Crippen LogP contribution in [0.15, 0.2) is 42.5 Å². The number of phenols is 1. The van der Waals surface area contributed by atoms with Crippen LogP contribution in [0, 0.1) is 0 Å². The fourth-order valence-corrected chi connectivity index (χ4v) is 2.42. The molecule has 0 fully saturated rings. The fraction of sp³-hybridized carbons (Fsp3) is 0.0714. The third-order valence-electron chi connectivity index (χ3n) is 2.56. The van der Waals surface area contributed by atoms with Crippen LogP contribution < -0.4 is 9.67 Å². The second kappa shape index (κ2) is 6.14. The molecule has 0 aliphatic heterocycles. The number of hydrogen-bond donors (Lipinski definition) is 2. The molecular formula is C14H11AsClNO2. The molecule has 1 amide bonds. The first kappa shape index (κ1) is 14.0. The molecule has 0 bridgehead atoms. The molecule has 2 rings (SSSR count). The van der Waals surface area contributed by atoms with Crippen molar-refractivity contribution >= 4 is 38.7 Å². The van der Waals surface area contributed by atoms with Gasteiger partial charge < -0.3 is 0 Å². The second-order valence-electron chi connectivity index (χ2n) is 4.01. The quantitative estimate of drug-likeness (QED) is 0.840. The van der Waals surface area contributed by atoms with Gasteiger partial charge in [0.25, 0.3) is 0 Å². The van der Waals surface area contributed by atoms with E-state index in [0.29, 0.717) is 17.1 Å². The van der Waals surface area contributed by atoms with Crippen molar-refractivity contribution in [2.24, 2.45) is 0 Å². The summed E-state index contributed by atoms with van der Waals surface area (Å²) < 4.78 is 0.774. The predicted molar refractivity (Wildman–Crippen MR) is 76.1 cm³/mol. The van der Waals surface area contributed by atoms with Crippen LogP contribution in [0.2, 0.25) is 5.02 Å². The molecule has 0 unspecified atom stereocenters. The Morgan fingerprint density at radius 3 is 2.68 bits per heavy atom. The maximum absolute atomic E-state index is 12.0. The van der Waals surface area contributed by atoms with E-state index in [2.05, 4.69) is 22.2 Å². The van der Waals surface area contributed by atoms with Gasteiger partial charge in [-0.05, 0) is 0 Å². The molecule has 0 atom stereocenters. The van der Waals surface area contributed by atoms with E-state index in [1.165, 1.54) is 6.07 Å². The molecule has 0 saturated heterocycles. The van der Waals surface area contributed by atoms with Crippen molar-refractivity contribution in [1.82, 2.24) is 5.32 Å². The molecular weight excluding hydrogens is 325 g/mol. The molecule has 2 aromatic rings. The Morgan fingerprint density at radius 1 is 1.26 bits per heavy atom. The maximum atomic E-state index is 12.0. The third-order valence-corrected chi connectivity index (χ3v) is 3.47. The van der Waals surface area contributed by atoms with Crippen molar-refractivity contribution in [2.75, 3.05) is 0 Å². The average Bonchev–Trinajstić information content (AvgIpc) is 2.36. The van der Waals surface area contributed by atoms with Crippen molar-refractivity contribution in [1.29, 1.82) is 0 Å². The van der Waals surface area contributed by atoms with Gasteiger partial charge in [0, 0.05) is 0 Å². The first-order valence-electron chi connectivity index (χ1n) is 5.61. The molecule has 96 valence electrons. The van der Waals surface area contributed by atoms with Crippen LogP contribution in [0.25, 0.3) is 0 Å². The van der Waals surface area contributed by atoms with Gasteiger partial charge in [0.05, 0.1) is 0 Å². The number of benzene rings is 2. The van der Waals surface area contributed by atoms with E-state index < -0.39 is 0 Å². The number of rotatable bonds is 3. The van der Waals surface area contributed by atoms with Crippen LogP contribution >= 0.6 is 11.6 Å². The number of hydrogen-bond acceptors (Lipinski definition) is 2. The number of aromatic hydroxyl groups is 1. The van der Waals surface area contributed by atoms with Gasteiger partial charge in [-0.3, -0.25) is 0 Å². The van der Waals surface area contributed by atoms with E-state index in [1.807, 2.05) is 18.2 Å². The Morgan fingerprint density at radius 2 is 2.00 bits per heavy atom. The van der Waals surface area contributed by atoms with Gasteiger partial charge in [-0.25, -0.2) is 0 Å². The van der Waals surface area contributed by atoms with Gasteiger partial charge in [0.15, 0.2) is 0 Å². The molecule has 2 radical (unpaired) electrons. The van der Waals surface area contributed by atoms with Crippen molar-refractivity contribution in [3.63, 3.8) is 0 Å². The summed E-state index contributed by atoms with van der Waals surface area (Å²) in [6.07, 6.45) is 0. The monoisotopic (exact) mass is 335 g/mol. The van der Waals surface area contributed by atoms with Gasteiger partial charge in [-0.2, -0.15) is 0 Å². The van der Waals surface area contributed by atoms with Crippen LogP contribution in [0.3, 0.4) is 0 Å². The van der Waals surface area contributed by atoms with Gasteiger partial charge in [0.2, 0.25) is 0 Å². The molecule has 5 heteroatoms. The molecule has 3 nitrogen and oxygen atoms in total. The summed E-state index contributed by atoms with van der Waals surface area (Å²) in [6.45, 7) is 0.349. The van der Waals surface area contributed by atoms with Crippen molar-refractivity contribution in [2.45, 2.75) is 6.54 Å². The van der Waals surface area contributed by atoms with Gasteiger partial charge >= 0.3 is 125 Å². The van der Waals surface area contributed by atoms with Gasteiger partial charge in [-0.1, -0.05) is 0 Å². The zero-order valence-corrected chi connectivity index (χ0v) is 12.6. The minimum atomic E-state index is -0.247. The second-order valence-corrected chi connectivity index (χ2v) is 5.50. The zero-order chi connectivity index (χ0) is 13.8. The first-order chi connectivity index (χ1) is 9.06. The Kier molecular flexibility index (Phi) is 4.51. The summed E-state index contributed by atoms with van der Waals surface area (Å²) in [7, 11) is 0. The number of nitrogens with one attached hydrogen (secondary N) is 1. The Balaban J connectivity index is 2.08. The van der Waals surface area contributed by atoms with Crippen molar-refractivity contribution in [3.05, 3.63) is 58.6 Å². The predicted octanol–water partition coefficient (Wildman–Crippen LogP) is 1.77. The van der Waals surface area contributed by atoms with Crippen molar-refractivity contribution < 1.29 is 9.90 Å². The number of carbonyl (C=O) groups is 1. The SMILES string of the molecule is O=C(NCc1ccccc1Cl)c1cc(O)cc([As])c1. The van der Waals surface area contributed by atoms with Crippen LogP contribution in [-0.4, -0.2) is 27.9 Å². The summed E-state index contributed by atoms with van der Waals surface area (Å²) in [6, 6.07) is 12.0. The van der Waals surface area contributed by atoms with Crippen LogP contribution in [-0.2, 0) is 6.54 Å². The molecule has 2 N–H and O–H groups in total. The van der Waals surface area contributed by atoms with Crippen molar-refractivity contribution in [3.8, 4) is 5.75 Å². The Labute approximate surface area is 125 Å². The number of carbonyl (C=O) groups excluding carboxylic acids is 1. The van der Waals surface area contributed by atoms with E-state index in [-0.39, 0.29) is 11.7 Å². The summed E-state index contributed by atoms with van der Waals surface area (Å²) in [5.74, 6) is -0.177. The number of phenolic OH excluding ortho intramolecular Hbond substituents is 1. The first-order valence-corrected chi connectivity index (χ1v) is 6.92. The number of halogens is 1. The molecule has 0 aliphatic carbocycles. The average molecular weight is 336 g/mol. The summed E-state index contributed by atoms with van der Waals surface area (Å²) in [5.41, 5.74) is 1.27. The van der Waals surface area contributed by atoms with Crippen LogP contribution in [0.5, 0.6) is 5.75 Å². The topological polar surface area (TPSA) is 49.3 Å². The molecule has 0 aromatic heterocycles. The van der Waals surface area contributed by atoms with E-state index in [9.17, 15) is 9.90 Å². The molecule has 0 aliphatic rings. The summed E-state index contributed by atoms with van der Waals surface area (Å²) >= 11 is 8.30. The Hall–Kier alpha value is -1.44. The summed E-state index contributed by atoms with van der Waals surface area (Å²) in [5, 5.41) is 12.8. The molecule has 19 heavy (non-hydrogen) atoms. The molecule has 2 aromatic carbocycles.